The Labute approximate surface area is 212 Å². The van der Waals surface area contributed by atoms with Crippen LogP contribution in [0.1, 0.15) is 29.5 Å². The van der Waals surface area contributed by atoms with E-state index in [0.717, 1.165) is 37.5 Å². The molecule has 1 aromatic heterocycles. The number of rotatable bonds is 8. The van der Waals surface area contributed by atoms with E-state index in [4.69, 9.17) is 9.15 Å². The first-order valence-corrected chi connectivity index (χ1v) is 12.4. The van der Waals surface area contributed by atoms with E-state index in [-0.39, 0.29) is 11.9 Å². The molecular weight excluding hydrogens is 450 g/mol. The summed E-state index contributed by atoms with van der Waals surface area (Å²) >= 11 is 0. The number of hydrogen-bond donors (Lipinski definition) is 0. The summed E-state index contributed by atoms with van der Waals surface area (Å²) in [5, 5.41) is 0. The Hall–Kier alpha value is -3.90. The average molecular weight is 482 g/mol. The number of piperazine rings is 1. The van der Waals surface area contributed by atoms with Crippen molar-refractivity contribution < 1.29 is 13.9 Å². The number of methoxy groups -OCH3 is 1. The summed E-state index contributed by atoms with van der Waals surface area (Å²) in [6.07, 6.45) is 2.58. The molecule has 0 bridgehead atoms. The number of carbonyl (C=O) groups is 1. The quantitative estimate of drug-likeness (QED) is 0.346. The molecule has 0 saturated carbocycles. The fraction of sp³-hybridized carbons (Fsp3) is 0.267. The van der Waals surface area contributed by atoms with Gasteiger partial charge in [-0.05, 0) is 23.3 Å². The van der Waals surface area contributed by atoms with Crippen LogP contribution >= 0.6 is 0 Å². The van der Waals surface area contributed by atoms with E-state index in [1.807, 2.05) is 29.2 Å². The fourth-order valence-electron chi connectivity index (χ4n) is 4.82. The number of amides is 1. The molecule has 0 radical (unpaired) electrons. The largest absolute Gasteiger partial charge is 0.497 e. The number of hydrogen-bond acceptors (Lipinski definition) is 5. The van der Waals surface area contributed by atoms with Crippen molar-refractivity contribution in [3.05, 3.63) is 108 Å². The highest BCUT2D eigenvalue weighted by Crippen LogP contribution is 2.30. The van der Waals surface area contributed by atoms with Crippen LogP contribution in [0.5, 0.6) is 5.75 Å². The predicted octanol–water partition coefficient (Wildman–Crippen LogP) is 5.22. The van der Waals surface area contributed by atoms with Gasteiger partial charge in [0.05, 0.1) is 19.3 Å². The number of oxazole rings is 1. The van der Waals surface area contributed by atoms with Crippen molar-refractivity contribution in [3.63, 3.8) is 0 Å². The van der Waals surface area contributed by atoms with Crippen molar-refractivity contribution in [1.29, 1.82) is 0 Å². The highest BCUT2D eigenvalue weighted by molar-refractivity contribution is 5.76. The molecule has 1 fully saturated rings. The predicted molar refractivity (Wildman–Crippen MR) is 140 cm³/mol. The summed E-state index contributed by atoms with van der Waals surface area (Å²) in [6, 6.07) is 29.1. The monoisotopic (exact) mass is 481 g/mol. The maximum absolute atomic E-state index is 13.0. The van der Waals surface area contributed by atoms with Gasteiger partial charge >= 0.3 is 0 Å². The maximum atomic E-state index is 13.0. The second kappa shape index (κ2) is 11.2. The lowest BCUT2D eigenvalue weighted by Gasteiger charge is -2.39. The second-order valence-electron chi connectivity index (χ2n) is 8.99. The maximum Gasteiger partial charge on any atom is 0.223 e. The lowest BCUT2D eigenvalue weighted by atomic mass is 9.96. The molecule has 5 rings (SSSR count). The summed E-state index contributed by atoms with van der Waals surface area (Å²) in [4.78, 5) is 21.8. The van der Waals surface area contributed by atoms with E-state index in [1.165, 1.54) is 11.1 Å². The van der Waals surface area contributed by atoms with Crippen LogP contribution in [-0.2, 0) is 11.2 Å². The minimum absolute atomic E-state index is 0.145. The van der Waals surface area contributed by atoms with E-state index < -0.39 is 0 Å². The number of aromatic nitrogens is 1. The van der Waals surface area contributed by atoms with Crippen molar-refractivity contribution >= 4 is 5.91 Å². The van der Waals surface area contributed by atoms with Crippen LogP contribution in [0.3, 0.4) is 0 Å². The summed E-state index contributed by atoms with van der Waals surface area (Å²) in [5.41, 5.74) is 3.46. The van der Waals surface area contributed by atoms with Crippen LogP contribution in [0.2, 0.25) is 0 Å². The number of benzene rings is 3. The van der Waals surface area contributed by atoms with E-state index in [9.17, 15) is 4.79 Å². The van der Waals surface area contributed by atoms with Gasteiger partial charge < -0.3 is 14.1 Å². The summed E-state index contributed by atoms with van der Waals surface area (Å²) in [6.45, 7) is 3.10. The van der Waals surface area contributed by atoms with Crippen LogP contribution in [0.15, 0.2) is 95.5 Å². The van der Waals surface area contributed by atoms with Gasteiger partial charge in [0.15, 0.2) is 11.7 Å². The van der Waals surface area contributed by atoms with Crippen LogP contribution in [0.25, 0.3) is 11.3 Å². The summed E-state index contributed by atoms with van der Waals surface area (Å²) < 4.78 is 11.2. The zero-order valence-corrected chi connectivity index (χ0v) is 20.5. The zero-order chi connectivity index (χ0) is 24.7. The van der Waals surface area contributed by atoms with Crippen molar-refractivity contribution in [3.8, 4) is 17.1 Å². The number of ether oxygens (including phenoxy) is 1. The molecule has 2 heterocycles. The minimum Gasteiger partial charge on any atom is -0.497 e. The fourth-order valence-corrected chi connectivity index (χ4v) is 4.82. The first-order chi connectivity index (χ1) is 17.7. The molecule has 6 nitrogen and oxygen atoms in total. The Morgan fingerprint density at radius 3 is 2.22 bits per heavy atom. The van der Waals surface area contributed by atoms with Gasteiger partial charge in [0.25, 0.3) is 0 Å². The standard InChI is InChI=1S/C30H31N3O3/c1-35-26-14-8-13-25(21-26)27-22-31-28(36-27)15-16-29(34)32-17-19-33(20-18-32)30(23-9-4-2-5-10-23)24-11-6-3-7-12-24/h2-14,21-22,30H,15-20H2,1H3. The van der Waals surface area contributed by atoms with Crippen molar-refractivity contribution in [1.82, 2.24) is 14.8 Å². The molecule has 0 aliphatic carbocycles. The second-order valence-corrected chi connectivity index (χ2v) is 8.99. The Kier molecular flexibility index (Phi) is 7.43. The van der Waals surface area contributed by atoms with E-state index >= 15 is 0 Å². The van der Waals surface area contributed by atoms with Gasteiger partial charge in [0.1, 0.15) is 5.75 Å². The van der Waals surface area contributed by atoms with E-state index in [0.29, 0.717) is 24.5 Å². The first kappa shape index (κ1) is 23.8. The highest BCUT2D eigenvalue weighted by Gasteiger charge is 2.28. The van der Waals surface area contributed by atoms with Gasteiger partial charge in [-0.2, -0.15) is 0 Å². The Balaban J connectivity index is 1.18. The van der Waals surface area contributed by atoms with Crippen LogP contribution in [0.4, 0.5) is 0 Å². The number of nitrogens with zero attached hydrogens (tertiary/aromatic N) is 3. The summed E-state index contributed by atoms with van der Waals surface area (Å²) in [7, 11) is 1.64. The van der Waals surface area contributed by atoms with E-state index in [2.05, 4.69) is 70.5 Å². The van der Waals surface area contributed by atoms with Gasteiger partial charge in [0, 0.05) is 44.6 Å². The molecule has 1 amide bonds. The lowest BCUT2D eigenvalue weighted by Crippen LogP contribution is -2.49. The molecule has 36 heavy (non-hydrogen) atoms. The normalized spacial score (nSPS) is 14.2. The zero-order valence-electron chi connectivity index (χ0n) is 20.5. The molecule has 1 aliphatic heterocycles. The van der Waals surface area contributed by atoms with Crippen molar-refractivity contribution in [2.45, 2.75) is 18.9 Å². The molecule has 1 aliphatic rings. The van der Waals surface area contributed by atoms with E-state index in [1.54, 1.807) is 13.3 Å². The third-order valence-corrected chi connectivity index (χ3v) is 6.72. The molecule has 0 spiro atoms. The molecule has 6 heteroatoms. The molecule has 0 N–H and O–H groups in total. The highest BCUT2D eigenvalue weighted by atomic mass is 16.5. The average Bonchev–Trinajstić information content (AvgIpc) is 3.43. The third kappa shape index (κ3) is 5.50. The van der Waals surface area contributed by atoms with Crippen LogP contribution in [0, 0.1) is 0 Å². The summed E-state index contributed by atoms with van der Waals surface area (Å²) in [5.74, 6) is 2.17. The van der Waals surface area contributed by atoms with Gasteiger partial charge in [-0.1, -0.05) is 72.8 Å². The molecule has 3 aromatic carbocycles. The number of aryl methyl sites for hydroxylation is 1. The molecule has 0 unspecified atom stereocenters. The molecule has 0 atom stereocenters. The first-order valence-electron chi connectivity index (χ1n) is 12.4. The lowest BCUT2D eigenvalue weighted by molar-refractivity contribution is -0.133. The third-order valence-electron chi connectivity index (χ3n) is 6.72. The van der Waals surface area contributed by atoms with Crippen LogP contribution in [-0.4, -0.2) is 54.0 Å². The SMILES string of the molecule is COc1cccc(-c2cnc(CCC(=O)N3CCN(C(c4ccccc4)c4ccccc4)CC3)o2)c1. The number of carbonyl (C=O) groups excluding carboxylic acids is 1. The molecule has 184 valence electrons. The minimum atomic E-state index is 0.145. The van der Waals surface area contributed by atoms with Crippen LogP contribution < -0.4 is 4.74 Å². The molecular formula is C30H31N3O3. The van der Waals surface area contributed by atoms with Crippen molar-refractivity contribution in [2.24, 2.45) is 0 Å². The Bertz CT molecular complexity index is 1230. The van der Waals surface area contributed by atoms with Gasteiger partial charge in [-0.3, -0.25) is 9.69 Å². The van der Waals surface area contributed by atoms with Gasteiger partial charge in [-0.25, -0.2) is 4.98 Å². The van der Waals surface area contributed by atoms with Gasteiger partial charge in [0.2, 0.25) is 5.91 Å². The van der Waals surface area contributed by atoms with Gasteiger partial charge in [-0.15, -0.1) is 0 Å². The molecule has 4 aromatic rings. The molecule has 1 saturated heterocycles. The van der Waals surface area contributed by atoms with Crippen molar-refractivity contribution in [2.75, 3.05) is 33.3 Å². The Morgan fingerprint density at radius 1 is 0.917 bits per heavy atom. The smallest absolute Gasteiger partial charge is 0.223 e. The topological polar surface area (TPSA) is 58.8 Å². The Morgan fingerprint density at radius 2 is 1.58 bits per heavy atom.